The zero-order valence-corrected chi connectivity index (χ0v) is 11.0. The number of halogens is 1. The Morgan fingerprint density at radius 3 is 2.83 bits per heavy atom. The topological polar surface area (TPSA) is 42.4 Å². The molecule has 4 nitrogen and oxygen atoms in total. The van der Waals surface area contributed by atoms with Gasteiger partial charge in [-0.2, -0.15) is 0 Å². The molecule has 1 rings (SSSR count). The minimum atomic E-state index is -0.589. The highest BCUT2D eigenvalue weighted by molar-refractivity contribution is 5.94. The van der Waals surface area contributed by atoms with E-state index in [1.165, 1.54) is 12.3 Å². The largest absolute Gasteiger partial charge is 0.383 e. The first-order chi connectivity index (χ1) is 8.56. The van der Waals surface area contributed by atoms with Crippen LogP contribution in [0.4, 0.5) is 4.39 Å². The first-order valence-corrected chi connectivity index (χ1v) is 5.94. The summed E-state index contributed by atoms with van der Waals surface area (Å²) in [5, 5.41) is 0. The normalized spacial score (nSPS) is 10.7. The molecule has 0 fully saturated rings. The van der Waals surface area contributed by atoms with E-state index >= 15 is 0 Å². The monoisotopic (exact) mass is 254 g/mol. The third kappa shape index (κ3) is 4.07. The summed E-state index contributed by atoms with van der Waals surface area (Å²) in [6.07, 6.45) is 2.47. The van der Waals surface area contributed by atoms with E-state index in [1.54, 1.807) is 12.0 Å². The fourth-order valence-electron chi connectivity index (χ4n) is 1.64. The molecule has 0 N–H and O–H groups in total. The maximum atomic E-state index is 13.5. The third-order valence-corrected chi connectivity index (χ3v) is 2.44. The van der Waals surface area contributed by atoms with Gasteiger partial charge in [0.1, 0.15) is 0 Å². The first kappa shape index (κ1) is 14.6. The molecule has 100 valence electrons. The molecule has 0 aromatic carbocycles. The van der Waals surface area contributed by atoms with Crippen molar-refractivity contribution in [1.82, 2.24) is 9.88 Å². The molecule has 0 unspecified atom stereocenters. The smallest absolute Gasteiger partial charge is 0.257 e. The van der Waals surface area contributed by atoms with Crippen molar-refractivity contribution in [2.24, 2.45) is 5.92 Å². The number of pyridine rings is 1. The minimum absolute atomic E-state index is 0.0572. The quantitative estimate of drug-likeness (QED) is 0.779. The van der Waals surface area contributed by atoms with Crippen LogP contribution in [0.5, 0.6) is 0 Å². The van der Waals surface area contributed by atoms with Crippen molar-refractivity contribution in [3.8, 4) is 0 Å². The third-order valence-electron chi connectivity index (χ3n) is 2.44. The Hall–Kier alpha value is -1.49. The van der Waals surface area contributed by atoms with Gasteiger partial charge in [-0.3, -0.25) is 9.78 Å². The predicted molar refractivity (Wildman–Crippen MR) is 66.8 cm³/mol. The average molecular weight is 254 g/mol. The molecule has 0 spiro atoms. The molecule has 18 heavy (non-hydrogen) atoms. The lowest BCUT2D eigenvalue weighted by Gasteiger charge is -2.24. The van der Waals surface area contributed by atoms with E-state index in [4.69, 9.17) is 4.74 Å². The summed E-state index contributed by atoms with van der Waals surface area (Å²) in [4.78, 5) is 17.5. The number of rotatable bonds is 6. The predicted octanol–water partition coefficient (Wildman–Crippen LogP) is 1.97. The summed E-state index contributed by atoms with van der Waals surface area (Å²) in [6.45, 7) is 5.48. The summed E-state index contributed by atoms with van der Waals surface area (Å²) >= 11 is 0. The van der Waals surface area contributed by atoms with E-state index < -0.39 is 5.82 Å². The molecular formula is C13H19FN2O2. The maximum absolute atomic E-state index is 13.5. The van der Waals surface area contributed by atoms with Crippen LogP contribution < -0.4 is 0 Å². The molecule has 0 bridgehead atoms. The Balaban J connectivity index is 2.84. The van der Waals surface area contributed by atoms with Gasteiger partial charge in [0.2, 0.25) is 0 Å². The van der Waals surface area contributed by atoms with E-state index in [0.717, 1.165) is 6.20 Å². The zero-order valence-electron chi connectivity index (χ0n) is 11.0. The molecule has 1 amide bonds. The number of amides is 1. The molecule has 0 aliphatic carbocycles. The van der Waals surface area contributed by atoms with E-state index in [-0.39, 0.29) is 11.5 Å². The molecule has 0 radical (unpaired) electrons. The van der Waals surface area contributed by atoms with Crippen molar-refractivity contribution in [3.63, 3.8) is 0 Å². The second-order valence-corrected chi connectivity index (χ2v) is 4.49. The molecule has 1 heterocycles. The van der Waals surface area contributed by atoms with Crippen LogP contribution in [0.3, 0.4) is 0 Å². The molecule has 0 saturated carbocycles. The minimum Gasteiger partial charge on any atom is -0.383 e. The Labute approximate surface area is 107 Å². The van der Waals surface area contributed by atoms with Gasteiger partial charge in [0, 0.05) is 26.4 Å². The summed E-state index contributed by atoms with van der Waals surface area (Å²) < 4.78 is 18.5. The number of hydrogen-bond acceptors (Lipinski definition) is 3. The van der Waals surface area contributed by atoms with Gasteiger partial charge in [0.05, 0.1) is 18.4 Å². The highest BCUT2D eigenvalue weighted by Gasteiger charge is 2.19. The van der Waals surface area contributed by atoms with Gasteiger partial charge >= 0.3 is 0 Å². The Morgan fingerprint density at radius 1 is 1.56 bits per heavy atom. The number of methoxy groups -OCH3 is 1. The van der Waals surface area contributed by atoms with Gasteiger partial charge in [-0.15, -0.1) is 0 Å². The van der Waals surface area contributed by atoms with Gasteiger partial charge in [-0.05, 0) is 12.0 Å². The van der Waals surface area contributed by atoms with Crippen LogP contribution in [0.1, 0.15) is 24.2 Å². The van der Waals surface area contributed by atoms with Gasteiger partial charge in [-0.25, -0.2) is 4.39 Å². The van der Waals surface area contributed by atoms with E-state index in [2.05, 4.69) is 4.98 Å². The summed E-state index contributed by atoms with van der Waals surface area (Å²) in [6, 6.07) is 1.40. The van der Waals surface area contributed by atoms with Crippen LogP contribution in [0.2, 0.25) is 0 Å². The van der Waals surface area contributed by atoms with Crippen molar-refractivity contribution in [2.45, 2.75) is 13.8 Å². The van der Waals surface area contributed by atoms with Crippen LogP contribution in [-0.4, -0.2) is 42.6 Å². The number of aromatic nitrogens is 1. The van der Waals surface area contributed by atoms with Crippen LogP contribution in [0.25, 0.3) is 0 Å². The number of ether oxygens (including phenoxy) is 1. The standard InChI is InChI=1S/C13H19FN2O2/c1-10(2)9-16(6-7-18-3)13(17)11-4-5-15-8-12(11)14/h4-5,8,10H,6-7,9H2,1-3H3. The number of hydrogen-bond donors (Lipinski definition) is 0. The number of carbonyl (C=O) groups is 1. The zero-order chi connectivity index (χ0) is 13.5. The van der Waals surface area contributed by atoms with Crippen molar-refractivity contribution in [2.75, 3.05) is 26.8 Å². The number of nitrogens with zero attached hydrogens (tertiary/aromatic N) is 2. The second kappa shape index (κ2) is 7.06. The van der Waals surface area contributed by atoms with Gasteiger partial charge < -0.3 is 9.64 Å². The average Bonchev–Trinajstić information content (AvgIpc) is 2.34. The highest BCUT2D eigenvalue weighted by Crippen LogP contribution is 2.10. The van der Waals surface area contributed by atoms with Crippen molar-refractivity contribution >= 4 is 5.91 Å². The maximum Gasteiger partial charge on any atom is 0.257 e. The molecule has 0 aliphatic rings. The lowest BCUT2D eigenvalue weighted by atomic mass is 10.1. The molecule has 0 aliphatic heterocycles. The van der Waals surface area contributed by atoms with Crippen LogP contribution in [0.15, 0.2) is 18.5 Å². The molecule has 0 atom stereocenters. The van der Waals surface area contributed by atoms with Crippen molar-refractivity contribution in [3.05, 3.63) is 29.8 Å². The highest BCUT2D eigenvalue weighted by atomic mass is 19.1. The fourth-order valence-corrected chi connectivity index (χ4v) is 1.64. The SMILES string of the molecule is COCCN(CC(C)C)C(=O)c1ccncc1F. The number of carbonyl (C=O) groups excluding carboxylic acids is 1. The van der Waals surface area contributed by atoms with Gasteiger partial charge in [0.15, 0.2) is 5.82 Å². The second-order valence-electron chi connectivity index (χ2n) is 4.49. The lowest BCUT2D eigenvalue weighted by Crippen LogP contribution is -2.37. The lowest BCUT2D eigenvalue weighted by molar-refractivity contribution is 0.0667. The van der Waals surface area contributed by atoms with Crippen molar-refractivity contribution in [1.29, 1.82) is 0 Å². The molecular weight excluding hydrogens is 235 g/mol. The Kier molecular flexibility index (Phi) is 5.71. The summed E-state index contributed by atoms with van der Waals surface area (Å²) in [5.74, 6) is -0.593. The van der Waals surface area contributed by atoms with Gasteiger partial charge in [0.25, 0.3) is 5.91 Å². The van der Waals surface area contributed by atoms with Gasteiger partial charge in [-0.1, -0.05) is 13.8 Å². The van der Waals surface area contributed by atoms with Crippen LogP contribution in [0, 0.1) is 11.7 Å². The first-order valence-electron chi connectivity index (χ1n) is 5.94. The fraction of sp³-hybridized carbons (Fsp3) is 0.538. The van der Waals surface area contributed by atoms with E-state index in [0.29, 0.717) is 25.6 Å². The summed E-state index contributed by atoms with van der Waals surface area (Å²) in [5.41, 5.74) is 0.0572. The van der Waals surface area contributed by atoms with E-state index in [9.17, 15) is 9.18 Å². The summed E-state index contributed by atoms with van der Waals surface area (Å²) in [7, 11) is 1.57. The van der Waals surface area contributed by atoms with Crippen LogP contribution >= 0.6 is 0 Å². The molecule has 0 saturated heterocycles. The Bertz CT molecular complexity index is 396. The van der Waals surface area contributed by atoms with Crippen LogP contribution in [-0.2, 0) is 4.74 Å². The van der Waals surface area contributed by atoms with E-state index in [1.807, 2.05) is 13.8 Å². The molecule has 1 aromatic rings. The molecule has 1 aromatic heterocycles. The molecule has 5 heteroatoms. The van der Waals surface area contributed by atoms with Crippen molar-refractivity contribution < 1.29 is 13.9 Å². The Morgan fingerprint density at radius 2 is 2.28 bits per heavy atom.